The minimum Gasteiger partial charge on any atom is -0.355 e. The van der Waals surface area contributed by atoms with Gasteiger partial charge in [0.05, 0.1) is 11.4 Å². The Kier molecular flexibility index (Phi) is 5.04. The van der Waals surface area contributed by atoms with Gasteiger partial charge in [0.2, 0.25) is 11.8 Å². The van der Waals surface area contributed by atoms with E-state index in [9.17, 15) is 14.4 Å². The van der Waals surface area contributed by atoms with Gasteiger partial charge in [-0.3, -0.25) is 14.4 Å². The number of rotatable bonds is 4. The smallest absolute Gasteiger partial charge is 0.251 e. The maximum atomic E-state index is 12.3. The highest BCUT2D eigenvalue weighted by atomic mass is 32.2. The largest absolute Gasteiger partial charge is 0.355 e. The van der Waals surface area contributed by atoms with E-state index in [2.05, 4.69) is 10.6 Å². The van der Waals surface area contributed by atoms with Gasteiger partial charge in [-0.2, -0.15) is 0 Å². The normalized spacial score (nSPS) is 13.2. The number of para-hydroxylation sites is 1. The molecule has 0 aromatic heterocycles. The lowest BCUT2D eigenvalue weighted by atomic mass is 10.2. The Hall–Kier alpha value is -2.80. The van der Waals surface area contributed by atoms with Gasteiger partial charge in [-0.1, -0.05) is 12.1 Å². The summed E-state index contributed by atoms with van der Waals surface area (Å²) in [7, 11) is 1.56. The Morgan fingerprint density at radius 2 is 1.84 bits per heavy atom. The first-order valence-electron chi connectivity index (χ1n) is 7.72. The Labute approximate surface area is 149 Å². The molecule has 0 fully saturated rings. The maximum absolute atomic E-state index is 12.3. The Balaban J connectivity index is 1.68. The third-order valence-electron chi connectivity index (χ3n) is 3.77. The maximum Gasteiger partial charge on any atom is 0.251 e. The standard InChI is InChI=1S/C18H17N3O3S/c1-19-18(24)12-6-8-13(9-7-12)20-16(22)10-21-14-4-2-3-5-15(14)25-11-17(21)23/h2-9H,10-11H2,1H3,(H,19,24)(H,20,22). The van der Waals surface area contributed by atoms with E-state index in [-0.39, 0.29) is 24.3 Å². The number of hydrogen-bond donors (Lipinski definition) is 2. The molecule has 0 saturated carbocycles. The number of nitrogens with zero attached hydrogens (tertiary/aromatic N) is 1. The molecular formula is C18H17N3O3S. The summed E-state index contributed by atoms with van der Waals surface area (Å²) in [6.07, 6.45) is 0. The molecule has 3 amide bonds. The summed E-state index contributed by atoms with van der Waals surface area (Å²) < 4.78 is 0. The first-order chi connectivity index (χ1) is 12.1. The zero-order chi connectivity index (χ0) is 17.8. The van der Waals surface area contributed by atoms with E-state index in [1.807, 2.05) is 24.3 Å². The molecule has 2 aromatic carbocycles. The summed E-state index contributed by atoms with van der Waals surface area (Å²) in [5, 5.41) is 5.29. The highest BCUT2D eigenvalue weighted by molar-refractivity contribution is 8.00. The summed E-state index contributed by atoms with van der Waals surface area (Å²) in [6.45, 7) is -0.0480. The number of fused-ring (bicyclic) bond motifs is 1. The third-order valence-corrected chi connectivity index (χ3v) is 4.82. The molecule has 1 heterocycles. The second-order valence-electron chi connectivity index (χ2n) is 5.44. The molecule has 0 unspecified atom stereocenters. The number of nitrogens with one attached hydrogen (secondary N) is 2. The van der Waals surface area contributed by atoms with Gasteiger partial charge < -0.3 is 15.5 Å². The van der Waals surface area contributed by atoms with Crippen LogP contribution in [0.2, 0.25) is 0 Å². The average molecular weight is 355 g/mol. The van der Waals surface area contributed by atoms with Crippen LogP contribution in [-0.2, 0) is 9.59 Å². The van der Waals surface area contributed by atoms with E-state index < -0.39 is 0 Å². The number of thioether (sulfide) groups is 1. The van der Waals surface area contributed by atoms with Crippen LogP contribution >= 0.6 is 11.8 Å². The van der Waals surface area contributed by atoms with Crippen LogP contribution in [0.4, 0.5) is 11.4 Å². The van der Waals surface area contributed by atoms with Crippen molar-refractivity contribution in [2.75, 3.05) is 29.6 Å². The Bertz CT molecular complexity index is 821. The molecular weight excluding hydrogens is 338 g/mol. The molecule has 0 aliphatic carbocycles. The lowest BCUT2D eigenvalue weighted by Gasteiger charge is -2.28. The number of carbonyl (C=O) groups is 3. The average Bonchev–Trinajstić information content (AvgIpc) is 2.64. The van der Waals surface area contributed by atoms with Crippen LogP contribution in [-0.4, -0.2) is 37.1 Å². The van der Waals surface area contributed by atoms with Crippen molar-refractivity contribution in [1.29, 1.82) is 0 Å². The van der Waals surface area contributed by atoms with Crippen LogP contribution in [0.1, 0.15) is 10.4 Å². The fourth-order valence-electron chi connectivity index (χ4n) is 2.52. The van der Waals surface area contributed by atoms with Crippen molar-refractivity contribution in [3.63, 3.8) is 0 Å². The fraction of sp³-hybridized carbons (Fsp3) is 0.167. The minimum atomic E-state index is -0.289. The number of amides is 3. The summed E-state index contributed by atoms with van der Waals surface area (Å²) in [5.74, 6) is -0.243. The lowest BCUT2D eigenvalue weighted by Crippen LogP contribution is -2.41. The fourth-order valence-corrected chi connectivity index (χ4v) is 3.46. The van der Waals surface area contributed by atoms with E-state index >= 15 is 0 Å². The zero-order valence-corrected chi connectivity index (χ0v) is 14.4. The van der Waals surface area contributed by atoms with Crippen LogP contribution in [0.15, 0.2) is 53.4 Å². The predicted octanol–water partition coefficient (Wildman–Crippen LogP) is 2.12. The Morgan fingerprint density at radius 1 is 1.12 bits per heavy atom. The second kappa shape index (κ2) is 7.40. The third kappa shape index (κ3) is 3.83. The molecule has 2 N–H and O–H groups in total. The van der Waals surface area contributed by atoms with Crippen LogP contribution in [0.5, 0.6) is 0 Å². The number of hydrogen-bond acceptors (Lipinski definition) is 4. The predicted molar refractivity (Wildman–Crippen MR) is 98.0 cm³/mol. The van der Waals surface area contributed by atoms with E-state index in [1.165, 1.54) is 16.7 Å². The Morgan fingerprint density at radius 3 is 2.56 bits per heavy atom. The molecule has 7 heteroatoms. The minimum absolute atomic E-state index is 0.0480. The molecule has 0 saturated heterocycles. The lowest BCUT2D eigenvalue weighted by molar-refractivity contribution is -0.120. The molecule has 1 aliphatic heterocycles. The molecule has 1 aliphatic rings. The van der Waals surface area contributed by atoms with E-state index in [1.54, 1.807) is 31.3 Å². The van der Waals surface area contributed by atoms with E-state index in [0.29, 0.717) is 17.0 Å². The van der Waals surface area contributed by atoms with Crippen LogP contribution in [0, 0.1) is 0 Å². The molecule has 0 spiro atoms. The van der Waals surface area contributed by atoms with E-state index in [0.717, 1.165) is 10.6 Å². The van der Waals surface area contributed by atoms with Crippen molar-refractivity contribution >= 4 is 40.9 Å². The molecule has 0 atom stereocenters. The molecule has 128 valence electrons. The molecule has 25 heavy (non-hydrogen) atoms. The van der Waals surface area contributed by atoms with Crippen LogP contribution in [0.25, 0.3) is 0 Å². The van der Waals surface area contributed by atoms with Crippen molar-refractivity contribution in [1.82, 2.24) is 5.32 Å². The summed E-state index contributed by atoms with van der Waals surface area (Å²) in [5.41, 5.74) is 1.84. The first kappa shape index (κ1) is 17.0. The van der Waals surface area contributed by atoms with Gasteiger partial charge in [0.25, 0.3) is 5.91 Å². The van der Waals surface area contributed by atoms with Crippen molar-refractivity contribution < 1.29 is 14.4 Å². The molecule has 0 radical (unpaired) electrons. The topological polar surface area (TPSA) is 78.5 Å². The highest BCUT2D eigenvalue weighted by Crippen LogP contribution is 2.34. The number of anilines is 2. The SMILES string of the molecule is CNC(=O)c1ccc(NC(=O)CN2C(=O)CSc3ccccc32)cc1. The zero-order valence-electron chi connectivity index (χ0n) is 13.6. The van der Waals surface area contributed by atoms with Crippen molar-refractivity contribution in [2.45, 2.75) is 4.90 Å². The summed E-state index contributed by atoms with van der Waals surface area (Å²) >= 11 is 1.48. The van der Waals surface area contributed by atoms with Gasteiger partial charge in [-0.05, 0) is 36.4 Å². The van der Waals surface area contributed by atoms with Crippen molar-refractivity contribution in [3.05, 3.63) is 54.1 Å². The number of benzene rings is 2. The van der Waals surface area contributed by atoms with Crippen molar-refractivity contribution in [3.8, 4) is 0 Å². The van der Waals surface area contributed by atoms with Gasteiger partial charge in [-0.25, -0.2) is 0 Å². The van der Waals surface area contributed by atoms with Crippen LogP contribution in [0.3, 0.4) is 0 Å². The van der Waals surface area contributed by atoms with Crippen LogP contribution < -0.4 is 15.5 Å². The van der Waals surface area contributed by atoms with Gasteiger partial charge in [0.15, 0.2) is 0 Å². The van der Waals surface area contributed by atoms with E-state index in [4.69, 9.17) is 0 Å². The molecule has 0 bridgehead atoms. The monoisotopic (exact) mass is 355 g/mol. The van der Waals surface area contributed by atoms with Gasteiger partial charge >= 0.3 is 0 Å². The summed E-state index contributed by atoms with van der Waals surface area (Å²) in [6, 6.07) is 14.1. The van der Waals surface area contributed by atoms with Gasteiger partial charge in [-0.15, -0.1) is 11.8 Å². The first-order valence-corrected chi connectivity index (χ1v) is 8.71. The summed E-state index contributed by atoms with van der Waals surface area (Å²) in [4.78, 5) is 38.5. The van der Waals surface area contributed by atoms with Gasteiger partial charge in [0, 0.05) is 23.2 Å². The molecule has 3 rings (SSSR count). The second-order valence-corrected chi connectivity index (χ2v) is 6.46. The molecule has 6 nitrogen and oxygen atoms in total. The van der Waals surface area contributed by atoms with Crippen molar-refractivity contribution in [2.24, 2.45) is 0 Å². The quantitative estimate of drug-likeness (QED) is 0.881. The highest BCUT2D eigenvalue weighted by Gasteiger charge is 2.26. The van der Waals surface area contributed by atoms with Gasteiger partial charge in [0.1, 0.15) is 6.54 Å². The number of carbonyl (C=O) groups excluding carboxylic acids is 3. The molecule has 2 aromatic rings.